The minimum Gasteiger partial charge on any atom is -0.378 e. The number of anilines is 2. The molecule has 2 aliphatic rings. The van der Waals surface area contributed by atoms with Crippen LogP contribution in [0, 0.1) is 0 Å². The molecule has 0 bridgehead atoms. The summed E-state index contributed by atoms with van der Waals surface area (Å²) in [6.45, 7) is 6.15. The average molecular weight is 316 g/mol. The highest BCUT2D eigenvalue weighted by molar-refractivity contribution is 7.99. The third-order valence-electron chi connectivity index (χ3n) is 3.50. The topological polar surface area (TPSA) is 54.4 Å². The quantitative estimate of drug-likeness (QED) is 0.815. The predicted molar refractivity (Wildman–Crippen MR) is 82.0 cm³/mol. The lowest BCUT2D eigenvalue weighted by atomic mass is 10.3. The molecule has 3 rings (SSSR count). The van der Waals surface area contributed by atoms with Crippen molar-refractivity contribution in [2.45, 2.75) is 13.0 Å². The minimum absolute atomic E-state index is 0.266. The number of halogens is 1. The molecule has 0 aliphatic carbocycles. The summed E-state index contributed by atoms with van der Waals surface area (Å²) in [5, 5.41) is 0.266. The number of hydrogen-bond acceptors (Lipinski definition) is 7. The van der Waals surface area contributed by atoms with Gasteiger partial charge in [0.1, 0.15) is 0 Å². The Labute approximate surface area is 127 Å². The maximum absolute atomic E-state index is 6.08. The molecule has 1 atom stereocenters. The van der Waals surface area contributed by atoms with E-state index in [1.807, 2.05) is 11.8 Å². The van der Waals surface area contributed by atoms with E-state index in [0.29, 0.717) is 31.2 Å². The van der Waals surface area contributed by atoms with Crippen LogP contribution in [0.4, 0.5) is 11.9 Å². The van der Waals surface area contributed by atoms with Crippen molar-refractivity contribution in [3.63, 3.8) is 0 Å². The van der Waals surface area contributed by atoms with Gasteiger partial charge in [-0.2, -0.15) is 26.7 Å². The molecule has 8 heteroatoms. The molecular weight excluding hydrogens is 298 g/mol. The molecule has 3 heterocycles. The van der Waals surface area contributed by atoms with Gasteiger partial charge >= 0.3 is 0 Å². The molecule has 1 aromatic rings. The van der Waals surface area contributed by atoms with E-state index in [9.17, 15) is 0 Å². The van der Waals surface area contributed by atoms with E-state index >= 15 is 0 Å². The van der Waals surface area contributed by atoms with E-state index in [-0.39, 0.29) is 5.28 Å². The summed E-state index contributed by atoms with van der Waals surface area (Å²) >= 11 is 8.05. The Bertz CT molecular complexity index is 471. The summed E-state index contributed by atoms with van der Waals surface area (Å²) < 4.78 is 5.36. The van der Waals surface area contributed by atoms with Crippen molar-refractivity contribution in [3.8, 4) is 0 Å². The summed E-state index contributed by atoms with van der Waals surface area (Å²) in [5.74, 6) is 3.55. The molecule has 0 spiro atoms. The lowest BCUT2D eigenvalue weighted by molar-refractivity contribution is 0.122. The van der Waals surface area contributed by atoms with Crippen LogP contribution in [0.15, 0.2) is 0 Å². The third kappa shape index (κ3) is 3.10. The highest BCUT2D eigenvalue weighted by Gasteiger charge is 2.24. The molecule has 2 fully saturated rings. The van der Waals surface area contributed by atoms with E-state index in [1.54, 1.807) is 0 Å². The Morgan fingerprint density at radius 2 is 1.90 bits per heavy atom. The van der Waals surface area contributed by atoms with E-state index < -0.39 is 0 Å². The Morgan fingerprint density at radius 1 is 1.15 bits per heavy atom. The second-order valence-corrected chi connectivity index (χ2v) is 6.41. The Balaban J connectivity index is 1.85. The lowest BCUT2D eigenvalue weighted by Gasteiger charge is -2.34. The molecule has 0 amide bonds. The van der Waals surface area contributed by atoms with Crippen molar-refractivity contribution >= 4 is 35.3 Å². The van der Waals surface area contributed by atoms with E-state index in [0.717, 1.165) is 31.1 Å². The van der Waals surface area contributed by atoms with Gasteiger partial charge in [0.05, 0.1) is 13.2 Å². The third-order valence-corrected chi connectivity index (χ3v) is 4.86. The first-order valence-electron chi connectivity index (χ1n) is 6.83. The molecule has 0 radical (unpaired) electrons. The SMILES string of the molecule is CC1CSCCN1c1nc(Cl)nc(N2CCOCC2)n1. The van der Waals surface area contributed by atoms with Crippen LogP contribution < -0.4 is 9.80 Å². The Morgan fingerprint density at radius 3 is 2.65 bits per heavy atom. The Hall–Kier alpha value is -0.790. The van der Waals surface area contributed by atoms with Crippen LogP contribution in [0.1, 0.15) is 6.92 Å². The molecule has 2 aliphatic heterocycles. The lowest BCUT2D eigenvalue weighted by Crippen LogP contribution is -2.42. The molecule has 6 nitrogen and oxygen atoms in total. The molecule has 2 saturated heterocycles. The van der Waals surface area contributed by atoms with E-state index in [1.165, 1.54) is 0 Å². The second-order valence-electron chi connectivity index (χ2n) is 4.92. The second kappa shape index (κ2) is 6.32. The van der Waals surface area contributed by atoms with Gasteiger partial charge in [-0.15, -0.1) is 0 Å². The number of ether oxygens (including phenoxy) is 1. The van der Waals surface area contributed by atoms with E-state index in [4.69, 9.17) is 16.3 Å². The monoisotopic (exact) mass is 315 g/mol. The summed E-state index contributed by atoms with van der Waals surface area (Å²) in [5.41, 5.74) is 0. The summed E-state index contributed by atoms with van der Waals surface area (Å²) in [7, 11) is 0. The predicted octanol–water partition coefficient (Wildman–Crippen LogP) is 1.30. The van der Waals surface area contributed by atoms with Gasteiger partial charge in [0.15, 0.2) is 0 Å². The van der Waals surface area contributed by atoms with Gasteiger partial charge in [0.25, 0.3) is 0 Å². The van der Waals surface area contributed by atoms with Crippen LogP contribution in [0.3, 0.4) is 0 Å². The fourth-order valence-electron chi connectivity index (χ4n) is 2.39. The van der Waals surface area contributed by atoms with Crippen LogP contribution >= 0.6 is 23.4 Å². The zero-order chi connectivity index (χ0) is 13.9. The number of aromatic nitrogens is 3. The molecule has 0 N–H and O–H groups in total. The van der Waals surface area contributed by atoms with Crippen molar-refractivity contribution in [1.82, 2.24) is 15.0 Å². The van der Waals surface area contributed by atoms with Crippen LogP contribution in [0.25, 0.3) is 0 Å². The first-order valence-corrected chi connectivity index (χ1v) is 8.36. The smallest absolute Gasteiger partial charge is 0.231 e. The van der Waals surface area contributed by atoms with Crippen LogP contribution in [0.5, 0.6) is 0 Å². The number of rotatable bonds is 2. The van der Waals surface area contributed by atoms with Crippen LogP contribution in [0.2, 0.25) is 5.28 Å². The highest BCUT2D eigenvalue weighted by Crippen LogP contribution is 2.23. The van der Waals surface area contributed by atoms with Crippen LogP contribution in [-0.4, -0.2) is 65.3 Å². The minimum atomic E-state index is 0.266. The molecule has 1 aromatic heterocycles. The molecular formula is C12H18ClN5OS. The van der Waals surface area contributed by atoms with Gasteiger partial charge in [-0.05, 0) is 18.5 Å². The van der Waals surface area contributed by atoms with Gasteiger partial charge in [-0.1, -0.05) is 0 Å². The first kappa shape index (κ1) is 14.2. The zero-order valence-electron chi connectivity index (χ0n) is 11.5. The largest absolute Gasteiger partial charge is 0.378 e. The molecule has 0 saturated carbocycles. The van der Waals surface area contributed by atoms with Crippen molar-refractivity contribution < 1.29 is 4.74 Å². The summed E-state index contributed by atoms with van der Waals surface area (Å²) in [4.78, 5) is 17.5. The van der Waals surface area contributed by atoms with Gasteiger partial charge in [-0.25, -0.2) is 0 Å². The molecule has 20 heavy (non-hydrogen) atoms. The van der Waals surface area contributed by atoms with Gasteiger partial charge in [-0.3, -0.25) is 0 Å². The van der Waals surface area contributed by atoms with Crippen molar-refractivity contribution in [2.75, 3.05) is 54.2 Å². The van der Waals surface area contributed by atoms with Crippen LogP contribution in [-0.2, 0) is 4.74 Å². The standard InChI is InChI=1S/C12H18ClN5OS/c1-9-8-20-7-4-18(9)12-15-10(13)14-11(16-12)17-2-5-19-6-3-17/h9H,2-8H2,1H3. The maximum atomic E-state index is 6.08. The van der Waals surface area contributed by atoms with Crippen molar-refractivity contribution in [3.05, 3.63) is 5.28 Å². The highest BCUT2D eigenvalue weighted by atomic mass is 35.5. The first-order chi connectivity index (χ1) is 9.74. The van der Waals surface area contributed by atoms with Crippen molar-refractivity contribution in [1.29, 1.82) is 0 Å². The summed E-state index contributed by atoms with van der Waals surface area (Å²) in [6, 6.07) is 0.421. The number of thioether (sulfide) groups is 1. The number of morpholine rings is 1. The normalized spacial score (nSPS) is 24.0. The average Bonchev–Trinajstić information content (AvgIpc) is 2.48. The fraction of sp³-hybridized carbons (Fsp3) is 0.750. The molecule has 110 valence electrons. The summed E-state index contributed by atoms with van der Waals surface area (Å²) in [6.07, 6.45) is 0. The molecule has 1 unspecified atom stereocenters. The Kier molecular flexibility index (Phi) is 4.48. The van der Waals surface area contributed by atoms with Gasteiger partial charge in [0.2, 0.25) is 17.2 Å². The maximum Gasteiger partial charge on any atom is 0.231 e. The number of nitrogens with zero attached hydrogens (tertiary/aromatic N) is 5. The van der Waals surface area contributed by atoms with Gasteiger partial charge < -0.3 is 14.5 Å². The zero-order valence-corrected chi connectivity index (χ0v) is 13.0. The van der Waals surface area contributed by atoms with Gasteiger partial charge in [0, 0.05) is 37.2 Å². The van der Waals surface area contributed by atoms with Crippen molar-refractivity contribution in [2.24, 2.45) is 0 Å². The number of hydrogen-bond donors (Lipinski definition) is 0. The molecule has 0 aromatic carbocycles. The van der Waals surface area contributed by atoms with E-state index in [2.05, 4.69) is 31.7 Å². The fourth-order valence-corrected chi connectivity index (χ4v) is 3.55.